The van der Waals surface area contributed by atoms with E-state index in [2.05, 4.69) is 5.32 Å². The SMILES string of the molecule is O=C(/C=C/c1ccccc1)Nc1ccc(SC(F)F)cc1. The van der Waals surface area contributed by atoms with Gasteiger partial charge in [0.2, 0.25) is 5.91 Å². The van der Waals surface area contributed by atoms with E-state index < -0.39 is 5.76 Å². The standard InChI is InChI=1S/C16H13F2NOS/c17-16(18)21-14-9-7-13(8-10-14)19-15(20)11-6-12-4-2-1-3-5-12/h1-11,16H,(H,19,20)/b11-6+. The summed E-state index contributed by atoms with van der Waals surface area (Å²) in [4.78, 5) is 12.2. The zero-order valence-electron chi connectivity index (χ0n) is 11.0. The maximum absolute atomic E-state index is 12.2. The molecule has 0 bridgehead atoms. The summed E-state index contributed by atoms with van der Waals surface area (Å²) >= 11 is 0.474. The van der Waals surface area contributed by atoms with Crippen molar-refractivity contribution in [3.63, 3.8) is 0 Å². The highest BCUT2D eigenvalue weighted by Gasteiger charge is 2.05. The third-order valence-corrected chi connectivity index (χ3v) is 3.30. The number of thioether (sulfide) groups is 1. The summed E-state index contributed by atoms with van der Waals surface area (Å²) in [6, 6.07) is 15.7. The number of benzene rings is 2. The molecule has 5 heteroatoms. The van der Waals surface area contributed by atoms with Gasteiger partial charge in [-0.3, -0.25) is 4.79 Å². The summed E-state index contributed by atoms with van der Waals surface area (Å²) in [5, 5.41) is 2.67. The zero-order valence-corrected chi connectivity index (χ0v) is 11.8. The second-order valence-electron chi connectivity index (χ2n) is 4.14. The van der Waals surface area contributed by atoms with Crippen LogP contribution >= 0.6 is 11.8 Å². The van der Waals surface area contributed by atoms with Crippen molar-refractivity contribution in [1.29, 1.82) is 0 Å². The topological polar surface area (TPSA) is 29.1 Å². The molecule has 21 heavy (non-hydrogen) atoms. The predicted molar refractivity (Wildman–Crippen MR) is 82.4 cm³/mol. The fourth-order valence-corrected chi connectivity index (χ4v) is 2.14. The predicted octanol–water partition coefficient (Wildman–Crippen LogP) is 4.65. The number of anilines is 1. The van der Waals surface area contributed by atoms with Gasteiger partial charge in [-0.1, -0.05) is 42.1 Å². The fraction of sp³-hybridized carbons (Fsp3) is 0.0625. The normalized spacial score (nSPS) is 11.0. The molecule has 0 radical (unpaired) electrons. The van der Waals surface area contributed by atoms with Crippen LogP contribution < -0.4 is 5.32 Å². The van der Waals surface area contributed by atoms with Gasteiger partial charge in [0.25, 0.3) is 5.76 Å². The summed E-state index contributed by atoms with van der Waals surface area (Å²) in [5.74, 6) is -2.72. The molecule has 0 aliphatic rings. The van der Waals surface area contributed by atoms with Gasteiger partial charge in [0.1, 0.15) is 0 Å². The maximum Gasteiger partial charge on any atom is 0.288 e. The Morgan fingerprint density at radius 3 is 2.33 bits per heavy atom. The molecule has 0 aliphatic heterocycles. The van der Waals surface area contributed by atoms with E-state index in [0.717, 1.165) is 5.56 Å². The van der Waals surface area contributed by atoms with Crippen molar-refractivity contribution in [1.82, 2.24) is 0 Å². The molecule has 0 aromatic heterocycles. The summed E-state index contributed by atoms with van der Waals surface area (Å²) in [6.45, 7) is 0. The highest BCUT2D eigenvalue weighted by molar-refractivity contribution is 7.99. The molecule has 108 valence electrons. The lowest BCUT2D eigenvalue weighted by molar-refractivity contribution is -0.111. The van der Waals surface area contributed by atoms with Gasteiger partial charge < -0.3 is 5.32 Å². The third kappa shape index (κ3) is 5.39. The number of hydrogen-bond acceptors (Lipinski definition) is 2. The maximum atomic E-state index is 12.2. The molecular weight excluding hydrogens is 292 g/mol. The smallest absolute Gasteiger partial charge is 0.288 e. The van der Waals surface area contributed by atoms with E-state index in [1.165, 1.54) is 6.08 Å². The van der Waals surface area contributed by atoms with Crippen molar-refractivity contribution in [2.45, 2.75) is 10.7 Å². The highest BCUT2D eigenvalue weighted by atomic mass is 32.2. The third-order valence-electron chi connectivity index (χ3n) is 2.57. The average molecular weight is 305 g/mol. The first kappa shape index (κ1) is 15.3. The van der Waals surface area contributed by atoms with Gasteiger partial charge in [-0.25, -0.2) is 0 Å². The van der Waals surface area contributed by atoms with Crippen LogP contribution in [0.3, 0.4) is 0 Å². The van der Waals surface area contributed by atoms with Crippen LogP contribution in [0.15, 0.2) is 65.6 Å². The van der Waals surface area contributed by atoms with Gasteiger partial charge in [0, 0.05) is 16.7 Å². The molecule has 0 atom stereocenters. The first-order valence-corrected chi connectivity index (χ1v) is 7.10. The Kier molecular flexibility index (Phi) is 5.51. The van der Waals surface area contributed by atoms with Crippen molar-refractivity contribution in [3.05, 3.63) is 66.2 Å². The van der Waals surface area contributed by atoms with E-state index >= 15 is 0 Å². The second-order valence-corrected chi connectivity index (χ2v) is 5.20. The highest BCUT2D eigenvalue weighted by Crippen LogP contribution is 2.26. The van der Waals surface area contributed by atoms with Crippen molar-refractivity contribution < 1.29 is 13.6 Å². The van der Waals surface area contributed by atoms with E-state index in [0.29, 0.717) is 22.3 Å². The number of halogens is 2. The van der Waals surface area contributed by atoms with Crippen LogP contribution in [0.4, 0.5) is 14.5 Å². The lowest BCUT2D eigenvalue weighted by Gasteiger charge is -2.04. The monoisotopic (exact) mass is 305 g/mol. The minimum atomic E-state index is -2.45. The van der Waals surface area contributed by atoms with Crippen LogP contribution in [-0.4, -0.2) is 11.7 Å². The number of carbonyl (C=O) groups is 1. The van der Waals surface area contributed by atoms with Gasteiger partial charge in [-0.2, -0.15) is 8.78 Å². The van der Waals surface area contributed by atoms with Crippen LogP contribution in [0.2, 0.25) is 0 Å². The van der Waals surface area contributed by atoms with Crippen LogP contribution in [0.1, 0.15) is 5.56 Å². The molecule has 0 unspecified atom stereocenters. The van der Waals surface area contributed by atoms with Crippen LogP contribution in [-0.2, 0) is 4.79 Å². The first-order valence-electron chi connectivity index (χ1n) is 6.22. The Morgan fingerprint density at radius 1 is 1.05 bits per heavy atom. The molecule has 2 nitrogen and oxygen atoms in total. The lowest BCUT2D eigenvalue weighted by atomic mass is 10.2. The quantitative estimate of drug-likeness (QED) is 0.643. The Labute approximate surface area is 125 Å². The molecule has 0 fully saturated rings. The Hall–Kier alpha value is -2.14. The van der Waals surface area contributed by atoms with Crippen molar-refractivity contribution in [3.8, 4) is 0 Å². The number of nitrogens with one attached hydrogen (secondary N) is 1. The van der Waals surface area contributed by atoms with E-state index in [1.807, 2.05) is 30.3 Å². The van der Waals surface area contributed by atoms with Crippen LogP contribution in [0, 0.1) is 0 Å². The molecule has 2 aromatic carbocycles. The molecule has 0 saturated carbocycles. The Bertz CT molecular complexity index is 612. The Balaban J connectivity index is 1.92. The molecule has 0 heterocycles. The molecule has 0 aliphatic carbocycles. The number of amides is 1. The van der Waals surface area contributed by atoms with Crippen molar-refractivity contribution in [2.24, 2.45) is 0 Å². The van der Waals surface area contributed by atoms with E-state index in [1.54, 1.807) is 30.3 Å². The summed E-state index contributed by atoms with van der Waals surface area (Å²) in [6.07, 6.45) is 3.13. The fourth-order valence-electron chi connectivity index (χ4n) is 1.64. The second kappa shape index (κ2) is 7.59. The van der Waals surface area contributed by atoms with E-state index in [9.17, 15) is 13.6 Å². The van der Waals surface area contributed by atoms with Gasteiger partial charge in [-0.15, -0.1) is 0 Å². The molecule has 0 saturated heterocycles. The van der Waals surface area contributed by atoms with Crippen LogP contribution in [0.25, 0.3) is 6.08 Å². The minimum Gasteiger partial charge on any atom is -0.323 e. The lowest BCUT2D eigenvalue weighted by Crippen LogP contribution is -2.07. The summed E-state index contributed by atoms with van der Waals surface area (Å²) in [5.41, 5.74) is 1.49. The van der Waals surface area contributed by atoms with Gasteiger partial charge >= 0.3 is 0 Å². The zero-order chi connectivity index (χ0) is 15.1. The minimum absolute atomic E-state index is 0.270. The molecule has 2 aromatic rings. The van der Waals surface area contributed by atoms with Gasteiger partial charge in [-0.05, 0) is 35.9 Å². The van der Waals surface area contributed by atoms with Gasteiger partial charge in [0.05, 0.1) is 0 Å². The first-order chi connectivity index (χ1) is 10.1. The summed E-state index contributed by atoms with van der Waals surface area (Å²) in [7, 11) is 0. The largest absolute Gasteiger partial charge is 0.323 e. The molecule has 1 N–H and O–H groups in total. The number of hydrogen-bond donors (Lipinski definition) is 1. The molecule has 0 spiro atoms. The Morgan fingerprint density at radius 2 is 1.71 bits per heavy atom. The summed E-state index contributed by atoms with van der Waals surface area (Å²) < 4.78 is 24.4. The number of rotatable bonds is 5. The molecule has 1 amide bonds. The average Bonchev–Trinajstić information content (AvgIpc) is 2.48. The van der Waals surface area contributed by atoms with Crippen LogP contribution in [0.5, 0.6) is 0 Å². The van der Waals surface area contributed by atoms with Crippen molar-refractivity contribution in [2.75, 3.05) is 5.32 Å². The van der Waals surface area contributed by atoms with E-state index in [-0.39, 0.29) is 5.91 Å². The van der Waals surface area contributed by atoms with Crippen molar-refractivity contribution >= 4 is 29.4 Å². The van der Waals surface area contributed by atoms with E-state index in [4.69, 9.17) is 0 Å². The van der Waals surface area contributed by atoms with Gasteiger partial charge in [0.15, 0.2) is 0 Å². The number of alkyl halides is 2. The molecule has 2 rings (SSSR count). The number of carbonyl (C=O) groups excluding carboxylic acids is 1. The molecular formula is C16H13F2NOS.